The Morgan fingerprint density at radius 1 is 1.21 bits per heavy atom. The highest BCUT2D eigenvalue weighted by molar-refractivity contribution is 7.71. The number of carbonyl (C=O) groups is 1. The molecule has 0 saturated carbocycles. The Bertz CT molecular complexity index is 841. The zero-order chi connectivity index (χ0) is 20.6. The van der Waals surface area contributed by atoms with Gasteiger partial charge in [0.05, 0.1) is 26.7 Å². The quantitative estimate of drug-likeness (QED) is 0.622. The Balaban J connectivity index is 1.48. The molecule has 0 spiro atoms. The molecule has 1 fully saturated rings. The first-order valence-corrected chi connectivity index (χ1v) is 10.4. The molecule has 3 rings (SSSR count). The normalized spacial score (nSPS) is 15.4. The van der Waals surface area contributed by atoms with Crippen molar-refractivity contribution in [3.63, 3.8) is 0 Å². The van der Waals surface area contributed by atoms with Crippen molar-refractivity contribution in [2.75, 3.05) is 46.4 Å². The molecule has 2 aromatic rings. The van der Waals surface area contributed by atoms with E-state index in [-0.39, 0.29) is 5.91 Å². The number of amides is 1. The highest BCUT2D eigenvalue weighted by Crippen LogP contribution is 2.15. The van der Waals surface area contributed by atoms with Gasteiger partial charge in [-0.3, -0.25) is 14.6 Å². The second kappa shape index (κ2) is 10.5. The van der Waals surface area contributed by atoms with Crippen LogP contribution in [0.1, 0.15) is 24.8 Å². The van der Waals surface area contributed by atoms with Gasteiger partial charge in [0.15, 0.2) is 0 Å². The lowest BCUT2D eigenvalue weighted by molar-refractivity contribution is -0.122. The number of hydrogen-bond donors (Lipinski definition) is 1. The number of hydrogen-bond acceptors (Lipinski definition) is 7. The summed E-state index contributed by atoms with van der Waals surface area (Å²) in [6.07, 6.45) is 1.54. The number of nitrogens with one attached hydrogen (secondary N) is 1. The third kappa shape index (κ3) is 6.38. The van der Waals surface area contributed by atoms with Crippen molar-refractivity contribution < 1.29 is 13.9 Å². The molecule has 0 aliphatic carbocycles. The van der Waals surface area contributed by atoms with Gasteiger partial charge in [0, 0.05) is 32.7 Å². The smallest absolute Gasteiger partial charge is 0.288 e. The number of piperazine rings is 1. The van der Waals surface area contributed by atoms with Crippen molar-refractivity contribution >= 4 is 18.1 Å². The highest BCUT2D eigenvalue weighted by atomic mass is 32.1. The number of carbonyl (C=O) groups excluding carboxylic acids is 1. The molecule has 158 valence electrons. The van der Waals surface area contributed by atoms with Gasteiger partial charge in [-0.1, -0.05) is 19.1 Å². The van der Waals surface area contributed by atoms with E-state index in [9.17, 15) is 4.79 Å². The standard InChI is InChI=1S/C20H29N5O3S/c1-3-8-21-18(26)14-23-9-11-24(12-10-23)15-25-20(29)28-19(22-25)13-16-4-6-17(27-2)7-5-16/h4-7H,3,8-15H2,1-2H3,(H,21,26). The van der Waals surface area contributed by atoms with Crippen LogP contribution >= 0.6 is 12.2 Å². The third-order valence-electron chi connectivity index (χ3n) is 4.90. The van der Waals surface area contributed by atoms with Crippen molar-refractivity contribution in [3.8, 4) is 5.75 Å². The van der Waals surface area contributed by atoms with Gasteiger partial charge in [-0.15, -0.1) is 5.10 Å². The summed E-state index contributed by atoms with van der Waals surface area (Å²) < 4.78 is 12.6. The molecular formula is C20H29N5O3S. The summed E-state index contributed by atoms with van der Waals surface area (Å²) in [5.74, 6) is 1.52. The zero-order valence-electron chi connectivity index (χ0n) is 17.1. The number of nitrogens with zero attached hydrogens (tertiary/aromatic N) is 4. The summed E-state index contributed by atoms with van der Waals surface area (Å²) in [5, 5.41) is 7.46. The minimum atomic E-state index is 0.0993. The largest absolute Gasteiger partial charge is 0.497 e. The number of ether oxygens (including phenoxy) is 1. The molecule has 1 aromatic heterocycles. The van der Waals surface area contributed by atoms with Crippen molar-refractivity contribution in [2.45, 2.75) is 26.4 Å². The van der Waals surface area contributed by atoms with Crippen molar-refractivity contribution in [1.82, 2.24) is 24.9 Å². The Morgan fingerprint density at radius 2 is 1.90 bits per heavy atom. The summed E-state index contributed by atoms with van der Waals surface area (Å²) in [4.78, 5) is 16.7. The fourth-order valence-corrected chi connectivity index (χ4v) is 3.42. The van der Waals surface area contributed by atoms with Crippen LogP contribution in [-0.2, 0) is 17.9 Å². The first-order valence-electron chi connectivity index (χ1n) is 9.98. The van der Waals surface area contributed by atoms with Crippen LogP contribution in [-0.4, -0.2) is 71.9 Å². The maximum absolute atomic E-state index is 11.9. The number of methoxy groups -OCH3 is 1. The molecule has 1 aliphatic rings. The SMILES string of the molecule is CCCNC(=O)CN1CCN(Cn2nc(Cc3ccc(OC)cc3)oc2=S)CC1. The lowest BCUT2D eigenvalue weighted by Gasteiger charge is -2.33. The summed E-state index contributed by atoms with van der Waals surface area (Å²) in [6, 6.07) is 7.82. The van der Waals surface area contributed by atoms with E-state index in [0.29, 0.717) is 30.4 Å². The first-order chi connectivity index (χ1) is 14.1. The van der Waals surface area contributed by atoms with E-state index in [4.69, 9.17) is 21.4 Å². The Labute approximate surface area is 176 Å². The average Bonchev–Trinajstić information content (AvgIpc) is 3.07. The molecule has 1 amide bonds. The molecule has 0 unspecified atom stereocenters. The maximum atomic E-state index is 11.9. The van der Waals surface area contributed by atoms with E-state index in [0.717, 1.165) is 50.5 Å². The topological polar surface area (TPSA) is 75.8 Å². The molecule has 9 heteroatoms. The summed E-state index contributed by atoms with van der Waals surface area (Å²) >= 11 is 5.34. The van der Waals surface area contributed by atoms with Crippen LogP contribution in [0.15, 0.2) is 28.7 Å². The van der Waals surface area contributed by atoms with Gasteiger partial charge in [0.2, 0.25) is 11.8 Å². The molecule has 29 heavy (non-hydrogen) atoms. The van der Waals surface area contributed by atoms with Gasteiger partial charge in [0.25, 0.3) is 4.84 Å². The van der Waals surface area contributed by atoms with Crippen LogP contribution in [0, 0.1) is 4.84 Å². The Kier molecular flexibility index (Phi) is 7.79. The predicted octanol–water partition coefficient (Wildman–Crippen LogP) is 1.91. The highest BCUT2D eigenvalue weighted by Gasteiger charge is 2.20. The fraction of sp³-hybridized carbons (Fsp3) is 0.550. The maximum Gasteiger partial charge on any atom is 0.288 e. The number of aromatic nitrogens is 2. The average molecular weight is 420 g/mol. The molecule has 0 atom stereocenters. The van der Waals surface area contributed by atoms with Gasteiger partial charge >= 0.3 is 0 Å². The van der Waals surface area contributed by atoms with Crippen LogP contribution in [0.4, 0.5) is 0 Å². The van der Waals surface area contributed by atoms with E-state index in [2.05, 4.69) is 27.1 Å². The minimum absolute atomic E-state index is 0.0993. The zero-order valence-corrected chi connectivity index (χ0v) is 17.9. The van der Waals surface area contributed by atoms with Gasteiger partial charge in [-0.05, 0) is 36.3 Å². The molecule has 0 bridgehead atoms. The minimum Gasteiger partial charge on any atom is -0.497 e. The van der Waals surface area contributed by atoms with Gasteiger partial charge in [0.1, 0.15) is 5.75 Å². The molecule has 1 aliphatic heterocycles. The molecule has 1 saturated heterocycles. The van der Waals surface area contributed by atoms with E-state index >= 15 is 0 Å². The molecule has 1 aromatic carbocycles. The van der Waals surface area contributed by atoms with Gasteiger partial charge in [-0.2, -0.15) is 0 Å². The molecular weight excluding hydrogens is 390 g/mol. The predicted molar refractivity (Wildman–Crippen MR) is 112 cm³/mol. The molecule has 0 radical (unpaired) electrons. The van der Waals surface area contributed by atoms with E-state index in [1.807, 2.05) is 24.3 Å². The van der Waals surface area contributed by atoms with Crippen LogP contribution in [0.3, 0.4) is 0 Å². The molecule has 8 nitrogen and oxygen atoms in total. The second-order valence-corrected chi connectivity index (χ2v) is 7.52. The Hall–Kier alpha value is -2.23. The lowest BCUT2D eigenvalue weighted by atomic mass is 10.1. The fourth-order valence-electron chi connectivity index (χ4n) is 3.23. The van der Waals surface area contributed by atoms with Gasteiger partial charge in [-0.25, -0.2) is 4.68 Å². The molecule has 1 N–H and O–H groups in total. The summed E-state index contributed by atoms with van der Waals surface area (Å²) in [5.41, 5.74) is 1.09. The second-order valence-electron chi connectivity index (χ2n) is 7.17. The summed E-state index contributed by atoms with van der Waals surface area (Å²) in [6.45, 7) is 7.28. The van der Waals surface area contributed by atoms with Crippen LogP contribution < -0.4 is 10.1 Å². The van der Waals surface area contributed by atoms with Crippen LogP contribution in [0.25, 0.3) is 0 Å². The lowest BCUT2D eigenvalue weighted by Crippen LogP contribution is -2.49. The number of benzene rings is 1. The van der Waals surface area contributed by atoms with Crippen molar-refractivity contribution in [2.24, 2.45) is 0 Å². The van der Waals surface area contributed by atoms with Crippen molar-refractivity contribution in [1.29, 1.82) is 0 Å². The van der Waals surface area contributed by atoms with Crippen molar-refractivity contribution in [3.05, 3.63) is 40.6 Å². The van der Waals surface area contributed by atoms with E-state index in [1.165, 1.54) is 0 Å². The van der Waals surface area contributed by atoms with Crippen LogP contribution in [0.2, 0.25) is 0 Å². The van der Waals surface area contributed by atoms with E-state index in [1.54, 1.807) is 11.8 Å². The molecule has 2 heterocycles. The monoisotopic (exact) mass is 419 g/mol. The van der Waals surface area contributed by atoms with Gasteiger partial charge < -0.3 is 14.5 Å². The van der Waals surface area contributed by atoms with E-state index < -0.39 is 0 Å². The number of rotatable bonds is 9. The Morgan fingerprint density at radius 3 is 2.55 bits per heavy atom. The third-order valence-corrected chi connectivity index (χ3v) is 5.19. The van der Waals surface area contributed by atoms with Crippen LogP contribution in [0.5, 0.6) is 5.75 Å². The summed E-state index contributed by atoms with van der Waals surface area (Å²) in [7, 11) is 1.65. The first kappa shape index (κ1) is 21.5.